The van der Waals surface area contributed by atoms with Gasteiger partial charge in [0.15, 0.2) is 0 Å². The van der Waals surface area contributed by atoms with Crippen LogP contribution in [0.15, 0.2) is 36.7 Å². The van der Waals surface area contributed by atoms with Crippen molar-refractivity contribution in [2.75, 3.05) is 6.54 Å². The Morgan fingerprint density at radius 3 is 2.72 bits per heavy atom. The molecule has 0 radical (unpaired) electrons. The molecule has 1 aromatic carbocycles. The molecule has 96 valence electrons. The molecule has 0 saturated heterocycles. The van der Waals surface area contributed by atoms with Crippen molar-refractivity contribution in [3.05, 3.63) is 53.9 Å². The smallest absolute Gasteiger partial charge is 0.123 e. The Balaban J connectivity index is 1.83. The number of halogens is 1. The maximum Gasteiger partial charge on any atom is 0.123 e. The Labute approximate surface area is 105 Å². The van der Waals surface area contributed by atoms with Gasteiger partial charge in [-0.25, -0.2) is 9.37 Å². The minimum absolute atomic E-state index is 0.299. The summed E-state index contributed by atoms with van der Waals surface area (Å²) in [6.45, 7) is 0.986. The minimum atomic E-state index is -0.647. The minimum Gasteiger partial charge on any atom is -0.387 e. The van der Waals surface area contributed by atoms with Gasteiger partial charge in [-0.15, -0.1) is 0 Å². The van der Waals surface area contributed by atoms with Crippen molar-refractivity contribution in [3.63, 3.8) is 0 Å². The van der Waals surface area contributed by atoms with Crippen LogP contribution in [0.1, 0.15) is 17.5 Å². The van der Waals surface area contributed by atoms with Gasteiger partial charge in [0.25, 0.3) is 0 Å². The molecule has 1 heterocycles. The number of rotatable bonds is 5. The monoisotopic (exact) mass is 249 g/mol. The van der Waals surface area contributed by atoms with E-state index in [-0.39, 0.29) is 5.82 Å². The van der Waals surface area contributed by atoms with Crippen LogP contribution in [0.25, 0.3) is 0 Å². The number of hydrogen-bond acceptors (Lipinski definition) is 3. The van der Waals surface area contributed by atoms with Crippen molar-refractivity contribution in [3.8, 4) is 0 Å². The predicted molar refractivity (Wildman–Crippen MR) is 66.3 cm³/mol. The maximum atomic E-state index is 12.7. The lowest BCUT2D eigenvalue weighted by atomic mass is 10.1. The van der Waals surface area contributed by atoms with E-state index >= 15 is 0 Å². The molecule has 1 aromatic heterocycles. The second-order valence-corrected chi connectivity index (χ2v) is 4.15. The highest BCUT2D eigenvalue weighted by Gasteiger charge is 2.07. The fourth-order valence-electron chi connectivity index (χ4n) is 1.69. The molecule has 18 heavy (non-hydrogen) atoms. The van der Waals surface area contributed by atoms with E-state index in [0.29, 0.717) is 18.7 Å². The molecule has 0 saturated carbocycles. The number of aromatic nitrogens is 2. The molecular weight excluding hydrogens is 233 g/mol. The van der Waals surface area contributed by atoms with Gasteiger partial charge < -0.3 is 15.0 Å². The summed E-state index contributed by atoms with van der Waals surface area (Å²) >= 11 is 0. The largest absolute Gasteiger partial charge is 0.387 e. The molecule has 0 fully saturated rings. The number of aliphatic hydroxyl groups excluding tert-OH is 1. The van der Waals surface area contributed by atoms with Crippen LogP contribution in [-0.2, 0) is 13.6 Å². The predicted octanol–water partition coefficient (Wildman–Crippen LogP) is 1.38. The van der Waals surface area contributed by atoms with Crippen molar-refractivity contribution in [2.24, 2.45) is 7.05 Å². The maximum absolute atomic E-state index is 12.7. The van der Waals surface area contributed by atoms with Crippen LogP contribution >= 0.6 is 0 Å². The second-order valence-electron chi connectivity index (χ2n) is 4.15. The van der Waals surface area contributed by atoms with E-state index in [2.05, 4.69) is 10.3 Å². The molecule has 2 N–H and O–H groups in total. The molecule has 1 unspecified atom stereocenters. The average Bonchev–Trinajstić information content (AvgIpc) is 2.76. The van der Waals surface area contributed by atoms with Crippen LogP contribution in [0.3, 0.4) is 0 Å². The zero-order valence-corrected chi connectivity index (χ0v) is 10.2. The van der Waals surface area contributed by atoms with Crippen molar-refractivity contribution >= 4 is 0 Å². The van der Waals surface area contributed by atoms with Crippen molar-refractivity contribution in [1.82, 2.24) is 14.9 Å². The van der Waals surface area contributed by atoms with Gasteiger partial charge in [-0.1, -0.05) is 12.1 Å². The molecule has 0 aliphatic carbocycles. The summed E-state index contributed by atoms with van der Waals surface area (Å²) in [7, 11) is 1.92. The van der Waals surface area contributed by atoms with Crippen LogP contribution in [0.4, 0.5) is 4.39 Å². The molecule has 5 heteroatoms. The van der Waals surface area contributed by atoms with Gasteiger partial charge >= 0.3 is 0 Å². The fraction of sp³-hybridized carbons (Fsp3) is 0.308. The Kier molecular flexibility index (Phi) is 4.07. The molecule has 4 nitrogen and oxygen atoms in total. The summed E-state index contributed by atoms with van der Waals surface area (Å²) in [5, 5.41) is 13.0. The van der Waals surface area contributed by atoms with Crippen LogP contribution in [0, 0.1) is 5.82 Å². The van der Waals surface area contributed by atoms with Gasteiger partial charge in [-0.05, 0) is 17.7 Å². The third-order valence-electron chi connectivity index (χ3n) is 2.80. The zero-order valence-electron chi connectivity index (χ0n) is 10.2. The summed E-state index contributed by atoms with van der Waals surface area (Å²) in [4.78, 5) is 4.17. The Morgan fingerprint density at radius 2 is 2.11 bits per heavy atom. The molecule has 0 bridgehead atoms. The Bertz CT molecular complexity index is 495. The summed E-state index contributed by atoms with van der Waals surface area (Å²) in [6.07, 6.45) is 2.95. The Morgan fingerprint density at radius 1 is 1.39 bits per heavy atom. The van der Waals surface area contributed by atoms with Crippen LogP contribution in [0.2, 0.25) is 0 Å². The third kappa shape index (κ3) is 3.15. The van der Waals surface area contributed by atoms with Gasteiger partial charge in [-0.2, -0.15) is 0 Å². The van der Waals surface area contributed by atoms with Gasteiger partial charge in [0.1, 0.15) is 11.6 Å². The second kappa shape index (κ2) is 5.75. The molecular formula is C13H16FN3O. The molecule has 0 aliphatic rings. The number of benzene rings is 1. The molecule has 0 spiro atoms. The highest BCUT2D eigenvalue weighted by Crippen LogP contribution is 2.12. The first kappa shape index (κ1) is 12.7. The van der Waals surface area contributed by atoms with Crippen molar-refractivity contribution in [1.29, 1.82) is 0 Å². The highest BCUT2D eigenvalue weighted by atomic mass is 19.1. The van der Waals surface area contributed by atoms with Crippen molar-refractivity contribution in [2.45, 2.75) is 12.6 Å². The first-order chi connectivity index (χ1) is 8.66. The topological polar surface area (TPSA) is 50.1 Å². The standard InChI is InChI=1S/C13H16FN3O/c1-17-7-6-16-13(17)9-15-8-12(18)10-2-4-11(14)5-3-10/h2-7,12,15,18H,8-9H2,1H3. The number of hydrogen-bond donors (Lipinski definition) is 2. The number of nitrogens with zero attached hydrogens (tertiary/aromatic N) is 2. The normalized spacial score (nSPS) is 12.6. The number of aliphatic hydroxyl groups is 1. The van der Waals surface area contributed by atoms with Gasteiger partial charge in [0.2, 0.25) is 0 Å². The first-order valence-electron chi connectivity index (χ1n) is 5.77. The lowest BCUT2D eigenvalue weighted by Gasteiger charge is -2.12. The number of aryl methyl sites for hydroxylation is 1. The summed E-state index contributed by atoms with van der Waals surface area (Å²) in [5.41, 5.74) is 0.698. The van der Waals surface area contributed by atoms with Gasteiger partial charge in [0.05, 0.1) is 12.6 Å². The summed E-state index contributed by atoms with van der Waals surface area (Å²) < 4.78 is 14.6. The lowest BCUT2D eigenvalue weighted by Crippen LogP contribution is -2.22. The zero-order chi connectivity index (χ0) is 13.0. The third-order valence-corrected chi connectivity index (χ3v) is 2.80. The van der Waals surface area contributed by atoms with Crippen LogP contribution < -0.4 is 5.32 Å². The van der Waals surface area contributed by atoms with Crippen molar-refractivity contribution < 1.29 is 9.50 Å². The first-order valence-corrected chi connectivity index (χ1v) is 5.77. The van der Waals surface area contributed by atoms with E-state index in [1.54, 1.807) is 18.3 Å². The van der Waals surface area contributed by atoms with Gasteiger partial charge in [-0.3, -0.25) is 0 Å². The van der Waals surface area contributed by atoms with E-state index in [1.165, 1.54) is 12.1 Å². The van der Waals surface area contributed by atoms with E-state index < -0.39 is 6.10 Å². The quantitative estimate of drug-likeness (QED) is 0.841. The molecule has 0 amide bonds. The molecule has 1 atom stereocenters. The number of nitrogens with one attached hydrogen (secondary N) is 1. The van der Waals surface area contributed by atoms with Gasteiger partial charge in [0, 0.05) is 26.0 Å². The summed E-state index contributed by atoms with van der Waals surface area (Å²) in [5.74, 6) is 0.605. The Hall–Kier alpha value is -1.72. The summed E-state index contributed by atoms with van der Waals surface area (Å²) in [6, 6.07) is 5.86. The van der Waals surface area contributed by atoms with E-state index in [4.69, 9.17) is 0 Å². The lowest BCUT2D eigenvalue weighted by molar-refractivity contribution is 0.174. The fourth-order valence-corrected chi connectivity index (χ4v) is 1.69. The molecule has 2 aromatic rings. The van der Waals surface area contributed by atoms with E-state index in [1.807, 2.05) is 17.8 Å². The molecule has 0 aliphatic heterocycles. The highest BCUT2D eigenvalue weighted by molar-refractivity contribution is 5.18. The number of imidazole rings is 1. The van der Waals surface area contributed by atoms with Crippen LogP contribution in [0.5, 0.6) is 0 Å². The SMILES string of the molecule is Cn1ccnc1CNCC(O)c1ccc(F)cc1. The molecule has 2 rings (SSSR count). The van der Waals surface area contributed by atoms with E-state index in [9.17, 15) is 9.50 Å². The van der Waals surface area contributed by atoms with E-state index in [0.717, 1.165) is 5.82 Å². The van der Waals surface area contributed by atoms with Crippen LogP contribution in [-0.4, -0.2) is 21.2 Å². The average molecular weight is 249 g/mol.